The van der Waals surface area contributed by atoms with Crippen LogP contribution in [0.25, 0.3) is 0 Å². The van der Waals surface area contributed by atoms with Crippen LogP contribution in [0.5, 0.6) is 0 Å². The fraction of sp³-hybridized carbons (Fsp3) is 0.350. The number of rotatable bonds is 5. The van der Waals surface area contributed by atoms with Gasteiger partial charge in [0.25, 0.3) is 0 Å². The first-order valence-electron chi connectivity index (χ1n) is 8.10. The fourth-order valence-electron chi connectivity index (χ4n) is 3.20. The van der Waals surface area contributed by atoms with Crippen LogP contribution in [0.15, 0.2) is 34.8 Å². The average molecular weight is 375 g/mol. The lowest BCUT2D eigenvalue weighted by Gasteiger charge is -2.12. The second kappa shape index (κ2) is 6.56. The summed E-state index contributed by atoms with van der Waals surface area (Å²) in [5, 5.41) is 0. The van der Waals surface area contributed by atoms with Crippen molar-refractivity contribution in [1.82, 2.24) is 0 Å². The van der Waals surface area contributed by atoms with Gasteiger partial charge in [-0.1, -0.05) is 41.1 Å². The third kappa shape index (κ3) is 3.40. The Balaban J connectivity index is 1.91. The summed E-state index contributed by atoms with van der Waals surface area (Å²) in [7, 11) is 0. The van der Waals surface area contributed by atoms with Crippen molar-refractivity contribution in [2.75, 3.05) is 0 Å². The van der Waals surface area contributed by atoms with Gasteiger partial charge in [0.05, 0.1) is 5.56 Å². The number of hydrogen-bond donors (Lipinski definition) is 0. The maximum atomic E-state index is 14.5. The van der Waals surface area contributed by atoms with Crippen LogP contribution in [-0.4, -0.2) is 5.78 Å². The summed E-state index contributed by atoms with van der Waals surface area (Å²) in [6.07, 6.45) is 3.34. The molecule has 0 radical (unpaired) electrons. The van der Waals surface area contributed by atoms with Crippen molar-refractivity contribution in [3.63, 3.8) is 0 Å². The van der Waals surface area contributed by atoms with Crippen molar-refractivity contribution in [2.24, 2.45) is 0 Å². The highest BCUT2D eigenvalue weighted by Gasteiger charge is 2.26. The monoisotopic (exact) mass is 374 g/mol. The van der Waals surface area contributed by atoms with Gasteiger partial charge in [0.2, 0.25) is 0 Å². The van der Waals surface area contributed by atoms with Crippen LogP contribution in [0.4, 0.5) is 4.39 Å². The van der Waals surface area contributed by atoms with Gasteiger partial charge in [-0.05, 0) is 66.5 Å². The van der Waals surface area contributed by atoms with E-state index in [0.29, 0.717) is 5.92 Å². The Labute approximate surface area is 145 Å². The molecule has 0 atom stereocenters. The molecule has 0 bridgehead atoms. The van der Waals surface area contributed by atoms with E-state index in [0.717, 1.165) is 46.0 Å². The van der Waals surface area contributed by atoms with Gasteiger partial charge in [-0.3, -0.25) is 4.79 Å². The SMILES string of the molecule is CCc1c(Br)cccc1CC(=O)c1c(C)cc(C2CC2)cc1F. The number of halogens is 2. The van der Waals surface area contributed by atoms with Crippen LogP contribution in [0.3, 0.4) is 0 Å². The molecule has 2 aromatic carbocycles. The minimum absolute atomic E-state index is 0.143. The topological polar surface area (TPSA) is 17.1 Å². The molecule has 0 aromatic heterocycles. The molecule has 0 spiro atoms. The lowest BCUT2D eigenvalue weighted by atomic mass is 9.93. The Morgan fingerprint density at radius 1 is 1.30 bits per heavy atom. The maximum Gasteiger partial charge on any atom is 0.170 e. The molecule has 1 saturated carbocycles. The van der Waals surface area contributed by atoms with E-state index < -0.39 is 0 Å². The molecule has 1 nitrogen and oxygen atoms in total. The molecule has 23 heavy (non-hydrogen) atoms. The van der Waals surface area contributed by atoms with Gasteiger partial charge in [0, 0.05) is 10.9 Å². The second-order valence-electron chi connectivity index (χ2n) is 6.30. The number of benzene rings is 2. The van der Waals surface area contributed by atoms with E-state index in [4.69, 9.17) is 0 Å². The van der Waals surface area contributed by atoms with Crippen molar-refractivity contribution >= 4 is 21.7 Å². The summed E-state index contributed by atoms with van der Waals surface area (Å²) >= 11 is 3.53. The summed E-state index contributed by atoms with van der Waals surface area (Å²) < 4.78 is 15.5. The Hall–Kier alpha value is -1.48. The maximum absolute atomic E-state index is 14.5. The summed E-state index contributed by atoms with van der Waals surface area (Å²) in [6, 6.07) is 9.39. The van der Waals surface area contributed by atoms with Crippen molar-refractivity contribution < 1.29 is 9.18 Å². The van der Waals surface area contributed by atoms with Gasteiger partial charge in [0.1, 0.15) is 5.82 Å². The molecule has 2 aromatic rings. The fourth-order valence-corrected chi connectivity index (χ4v) is 3.89. The van der Waals surface area contributed by atoms with Crippen molar-refractivity contribution in [3.05, 3.63) is 68.4 Å². The minimum Gasteiger partial charge on any atom is -0.294 e. The van der Waals surface area contributed by atoms with Crippen molar-refractivity contribution in [1.29, 1.82) is 0 Å². The summed E-state index contributed by atoms with van der Waals surface area (Å²) in [6.45, 7) is 3.90. The first-order valence-corrected chi connectivity index (χ1v) is 8.90. The predicted molar refractivity (Wildman–Crippen MR) is 94.7 cm³/mol. The van der Waals surface area contributed by atoms with Gasteiger partial charge in [-0.2, -0.15) is 0 Å². The number of carbonyl (C=O) groups is 1. The van der Waals surface area contributed by atoms with Crippen molar-refractivity contribution in [2.45, 2.75) is 45.4 Å². The van der Waals surface area contributed by atoms with Gasteiger partial charge in [-0.25, -0.2) is 4.39 Å². The number of carbonyl (C=O) groups excluding carboxylic acids is 1. The summed E-state index contributed by atoms with van der Waals surface area (Å²) in [5.41, 5.74) is 4.13. The number of ketones is 1. The molecule has 0 unspecified atom stereocenters. The van der Waals surface area contributed by atoms with Gasteiger partial charge < -0.3 is 0 Å². The lowest BCUT2D eigenvalue weighted by molar-refractivity contribution is 0.0988. The zero-order valence-electron chi connectivity index (χ0n) is 13.5. The molecular formula is C20H20BrFO. The van der Waals surface area contributed by atoms with Gasteiger partial charge >= 0.3 is 0 Å². The molecule has 120 valence electrons. The van der Waals surface area contributed by atoms with E-state index in [-0.39, 0.29) is 23.6 Å². The van der Waals surface area contributed by atoms with E-state index in [9.17, 15) is 9.18 Å². The smallest absolute Gasteiger partial charge is 0.170 e. The molecule has 3 heteroatoms. The van der Waals surface area contributed by atoms with Crippen LogP contribution in [0.1, 0.15) is 58.3 Å². The Kier molecular flexibility index (Phi) is 4.67. The third-order valence-electron chi connectivity index (χ3n) is 4.56. The minimum atomic E-state index is -0.370. The second-order valence-corrected chi connectivity index (χ2v) is 7.15. The van der Waals surface area contributed by atoms with E-state index in [1.807, 2.05) is 31.2 Å². The van der Waals surface area contributed by atoms with Crippen LogP contribution in [-0.2, 0) is 12.8 Å². The summed E-state index contributed by atoms with van der Waals surface area (Å²) in [5.74, 6) is -0.0239. The first-order chi connectivity index (χ1) is 11.0. The predicted octanol–water partition coefficient (Wildman–Crippen LogP) is 5.76. The zero-order valence-corrected chi connectivity index (χ0v) is 15.0. The van der Waals surface area contributed by atoms with Gasteiger partial charge in [-0.15, -0.1) is 0 Å². The Bertz CT molecular complexity index is 739. The molecule has 0 heterocycles. The third-order valence-corrected chi connectivity index (χ3v) is 5.30. The molecular weight excluding hydrogens is 355 g/mol. The quantitative estimate of drug-likeness (QED) is 0.607. The molecule has 0 N–H and O–H groups in total. The molecule has 1 aliphatic carbocycles. The standard InChI is InChI=1S/C20H20BrFO/c1-3-16-14(5-4-6-17(16)21)11-19(23)20-12(2)9-15(10-18(20)22)13-7-8-13/h4-6,9-10,13H,3,7-8,11H2,1-2H3. The Morgan fingerprint density at radius 2 is 2.04 bits per heavy atom. The zero-order chi connectivity index (χ0) is 16.6. The molecule has 3 rings (SSSR count). The summed E-state index contributed by atoms with van der Waals surface area (Å²) in [4.78, 5) is 12.7. The molecule has 0 saturated heterocycles. The highest BCUT2D eigenvalue weighted by atomic mass is 79.9. The van der Waals surface area contributed by atoms with E-state index in [1.165, 1.54) is 0 Å². The molecule has 1 fully saturated rings. The average Bonchev–Trinajstić information content (AvgIpc) is 3.31. The van der Waals surface area contributed by atoms with E-state index >= 15 is 0 Å². The number of aryl methyl sites for hydroxylation is 1. The molecule has 0 aliphatic heterocycles. The normalized spacial score (nSPS) is 14.1. The van der Waals surface area contributed by atoms with Crippen LogP contribution in [0.2, 0.25) is 0 Å². The lowest BCUT2D eigenvalue weighted by Crippen LogP contribution is -2.11. The van der Waals surface area contributed by atoms with E-state index in [2.05, 4.69) is 22.9 Å². The number of Topliss-reactive ketones (excluding diaryl/α,β-unsaturated/α-hetero) is 1. The molecule has 0 amide bonds. The van der Waals surface area contributed by atoms with Crippen LogP contribution >= 0.6 is 15.9 Å². The van der Waals surface area contributed by atoms with Crippen LogP contribution < -0.4 is 0 Å². The van der Waals surface area contributed by atoms with Gasteiger partial charge in [0.15, 0.2) is 5.78 Å². The first kappa shape index (κ1) is 16.4. The number of hydrogen-bond acceptors (Lipinski definition) is 1. The largest absolute Gasteiger partial charge is 0.294 e. The highest BCUT2D eigenvalue weighted by Crippen LogP contribution is 2.41. The highest BCUT2D eigenvalue weighted by molar-refractivity contribution is 9.10. The van der Waals surface area contributed by atoms with E-state index in [1.54, 1.807) is 6.07 Å². The molecule has 1 aliphatic rings. The van der Waals surface area contributed by atoms with Crippen LogP contribution in [0, 0.1) is 12.7 Å². The van der Waals surface area contributed by atoms with Crippen molar-refractivity contribution in [3.8, 4) is 0 Å². The Morgan fingerprint density at radius 3 is 2.65 bits per heavy atom.